The lowest BCUT2D eigenvalue weighted by molar-refractivity contribution is 0.554. The van der Waals surface area contributed by atoms with Gasteiger partial charge in [0.05, 0.1) is 21.9 Å². The molecule has 0 unspecified atom stereocenters. The molecule has 0 aliphatic rings. The van der Waals surface area contributed by atoms with Gasteiger partial charge in [-0.3, -0.25) is 9.78 Å². The van der Waals surface area contributed by atoms with E-state index in [0.29, 0.717) is 10.9 Å². The molecule has 0 fully saturated rings. The summed E-state index contributed by atoms with van der Waals surface area (Å²) in [6, 6.07) is 5.73. The third kappa shape index (κ3) is 1.68. The van der Waals surface area contributed by atoms with Gasteiger partial charge in [0, 0.05) is 28.6 Å². The van der Waals surface area contributed by atoms with Crippen LogP contribution in [0.2, 0.25) is 0 Å². The number of nitrogens with zero attached hydrogens (tertiary/aromatic N) is 2. The van der Waals surface area contributed by atoms with Crippen molar-refractivity contribution in [1.82, 2.24) is 19.9 Å². The Morgan fingerprint density at radius 2 is 1.91 bits per heavy atom. The van der Waals surface area contributed by atoms with Gasteiger partial charge in [-0.1, -0.05) is 20.8 Å². The number of aromatic nitrogens is 4. The molecular formula is C17H16N4O. The van der Waals surface area contributed by atoms with Crippen LogP contribution in [0.25, 0.3) is 32.7 Å². The van der Waals surface area contributed by atoms with E-state index in [4.69, 9.17) is 4.98 Å². The summed E-state index contributed by atoms with van der Waals surface area (Å²) in [5, 5.41) is 2.36. The molecule has 0 aliphatic heterocycles. The average molecular weight is 292 g/mol. The summed E-state index contributed by atoms with van der Waals surface area (Å²) < 4.78 is 0. The van der Waals surface area contributed by atoms with Gasteiger partial charge < -0.3 is 9.97 Å². The molecule has 4 aromatic rings. The van der Waals surface area contributed by atoms with E-state index in [1.165, 1.54) is 0 Å². The van der Waals surface area contributed by atoms with Crippen LogP contribution in [-0.2, 0) is 5.41 Å². The summed E-state index contributed by atoms with van der Waals surface area (Å²) in [5.74, 6) is 0.903. The molecule has 2 N–H and O–H groups in total. The largest absolute Gasteiger partial charge is 0.341 e. The Kier molecular flexibility index (Phi) is 2.46. The zero-order valence-electron chi connectivity index (χ0n) is 12.7. The maximum absolute atomic E-state index is 12.3. The van der Waals surface area contributed by atoms with Gasteiger partial charge in [0.15, 0.2) is 0 Å². The average Bonchev–Trinajstić information content (AvgIpc) is 2.93. The summed E-state index contributed by atoms with van der Waals surface area (Å²) in [4.78, 5) is 27.7. The summed E-state index contributed by atoms with van der Waals surface area (Å²) >= 11 is 0. The minimum atomic E-state index is -0.130. The van der Waals surface area contributed by atoms with Gasteiger partial charge in [0.2, 0.25) is 0 Å². The number of hydrogen-bond donors (Lipinski definition) is 2. The molecule has 5 nitrogen and oxygen atoms in total. The molecule has 1 aromatic carbocycles. The number of fused-ring (bicyclic) bond motifs is 6. The Morgan fingerprint density at radius 1 is 1.09 bits per heavy atom. The van der Waals surface area contributed by atoms with Crippen LogP contribution in [0, 0.1) is 0 Å². The van der Waals surface area contributed by atoms with Crippen molar-refractivity contribution in [2.75, 3.05) is 0 Å². The van der Waals surface area contributed by atoms with Crippen LogP contribution in [0.4, 0.5) is 0 Å². The first kappa shape index (κ1) is 13.0. The first-order valence-electron chi connectivity index (χ1n) is 7.25. The highest BCUT2D eigenvalue weighted by Gasteiger charge is 2.21. The molecule has 0 amide bonds. The van der Waals surface area contributed by atoms with E-state index in [1.54, 1.807) is 12.4 Å². The number of imidazole rings is 1. The molecule has 3 aromatic heterocycles. The van der Waals surface area contributed by atoms with Gasteiger partial charge in [-0.2, -0.15) is 0 Å². The topological polar surface area (TPSA) is 74.4 Å². The standard InChI is InChI=1S/C17H16N4O/c1-17(2,3)16-20-13-9-6-8-19-15(22)11(9)12-10(14(13)21-16)5-4-7-18-12/h4-8H,1-3H3,(H,19,22)(H,20,21). The van der Waals surface area contributed by atoms with E-state index in [2.05, 4.69) is 35.7 Å². The molecule has 110 valence electrons. The summed E-state index contributed by atoms with van der Waals surface area (Å²) in [7, 11) is 0. The van der Waals surface area contributed by atoms with Crippen LogP contribution in [-0.4, -0.2) is 19.9 Å². The highest BCUT2D eigenvalue weighted by molar-refractivity contribution is 6.21. The minimum Gasteiger partial charge on any atom is -0.341 e. The molecule has 0 aliphatic carbocycles. The second-order valence-corrected chi connectivity index (χ2v) is 6.55. The summed E-state index contributed by atoms with van der Waals surface area (Å²) in [6.45, 7) is 6.33. The lowest BCUT2D eigenvalue weighted by Crippen LogP contribution is -2.12. The van der Waals surface area contributed by atoms with Crippen molar-refractivity contribution in [2.45, 2.75) is 26.2 Å². The summed E-state index contributed by atoms with van der Waals surface area (Å²) in [5.41, 5.74) is 2.23. The molecular weight excluding hydrogens is 276 g/mol. The predicted molar refractivity (Wildman–Crippen MR) is 88.2 cm³/mol. The fourth-order valence-electron chi connectivity index (χ4n) is 2.84. The lowest BCUT2D eigenvalue weighted by Gasteiger charge is -2.13. The zero-order valence-corrected chi connectivity index (χ0v) is 12.7. The van der Waals surface area contributed by atoms with Crippen LogP contribution in [0.5, 0.6) is 0 Å². The SMILES string of the molecule is CC(C)(C)c1nc2c3cccnc3c3c(=O)[nH]ccc3c2[nH]1. The Balaban J connectivity index is 2.35. The van der Waals surface area contributed by atoms with Gasteiger partial charge in [-0.05, 0) is 18.2 Å². The van der Waals surface area contributed by atoms with Crippen LogP contribution < -0.4 is 5.56 Å². The molecule has 0 radical (unpaired) electrons. The maximum Gasteiger partial charge on any atom is 0.258 e. The molecule has 4 rings (SSSR count). The first-order valence-corrected chi connectivity index (χ1v) is 7.25. The normalized spacial score (nSPS) is 12.5. The Morgan fingerprint density at radius 3 is 2.68 bits per heavy atom. The van der Waals surface area contributed by atoms with Crippen molar-refractivity contribution in [2.24, 2.45) is 0 Å². The van der Waals surface area contributed by atoms with Crippen LogP contribution in [0.3, 0.4) is 0 Å². The van der Waals surface area contributed by atoms with Gasteiger partial charge in [0.25, 0.3) is 5.56 Å². The van der Waals surface area contributed by atoms with Crippen LogP contribution in [0.1, 0.15) is 26.6 Å². The second kappa shape index (κ2) is 4.16. The third-order valence-corrected chi connectivity index (χ3v) is 3.94. The molecule has 3 heterocycles. The maximum atomic E-state index is 12.3. The number of H-pyrrole nitrogens is 2. The fraction of sp³-hybridized carbons (Fsp3) is 0.235. The monoisotopic (exact) mass is 292 g/mol. The number of aromatic amines is 2. The number of rotatable bonds is 0. The molecule has 0 atom stereocenters. The highest BCUT2D eigenvalue weighted by atomic mass is 16.1. The quantitative estimate of drug-likeness (QED) is 0.488. The van der Waals surface area contributed by atoms with Gasteiger partial charge in [-0.15, -0.1) is 0 Å². The Hall–Kier alpha value is -2.69. The Bertz CT molecular complexity index is 1080. The number of hydrogen-bond acceptors (Lipinski definition) is 3. The minimum absolute atomic E-state index is 0.0962. The van der Waals surface area contributed by atoms with Crippen LogP contribution >= 0.6 is 0 Å². The second-order valence-electron chi connectivity index (χ2n) is 6.55. The van der Waals surface area contributed by atoms with Gasteiger partial charge >= 0.3 is 0 Å². The first-order chi connectivity index (χ1) is 10.5. The van der Waals surface area contributed by atoms with E-state index in [1.807, 2.05) is 18.2 Å². The molecule has 22 heavy (non-hydrogen) atoms. The third-order valence-electron chi connectivity index (χ3n) is 3.94. The van der Waals surface area contributed by atoms with E-state index in [0.717, 1.165) is 27.6 Å². The van der Waals surface area contributed by atoms with E-state index < -0.39 is 0 Å². The van der Waals surface area contributed by atoms with Crippen molar-refractivity contribution in [3.05, 3.63) is 46.8 Å². The molecule has 0 saturated heterocycles. The van der Waals surface area contributed by atoms with E-state index in [9.17, 15) is 4.79 Å². The molecule has 0 saturated carbocycles. The zero-order chi connectivity index (χ0) is 15.5. The highest BCUT2D eigenvalue weighted by Crippen LogP contribution is 2.32. The lowest BCUT2D eigenvalue weighted by atomic mass is 9.96. The van der Waals surface area contributed by atoms with Crippen molar-refractivity contribution in [3.8, 4) is 0 Å². The van der Waals surface area contributed by atoms with E-state index >= 15 is 0 Å². The number of nitrogens with one attached hydrogen (secondary N) is 2. The predicted octanol–water partition coefficient (Wildman–Crippen LogP) is 3.25. The van der Waals surface area contributed by atoms with Crippen molar-refractivity contribution in [1.29, 1.82) is 0 Å². The molecule has 5 heteroatoms. The molecule has 0 bridgehead atoms. The van der Waals surface area contributed by atoms with Crippen molar-refractivity contribution in [3.63, 3.8) is 0 Å². The van der Waals surface area contributed by atoms with E-state index in [-0.39, 0.29) is 11.0 Å². The number of benzene rings is 1. The Labute approximate surface area is 126 Å². The number of pyridine rings is 2. The fourth-order valence-corrected chi connectivity index (χ4v) is 2.84. The summed E-state index contributed by atoms with van der Waals surface area (Å²) in [6.07, 6.45) is 3.37. The molecule has 0 spiro atoms. The van der Waals surface area contributed by atoms with Gasteiger partial charge in [0.1, 0.15) is 5.82 Å². The van der Waals surface area contributed by atoms with Crippen molar-refractivity contribution < 1.29 is 0 Å². The smallest absolute Gasteiger partial charge is 0.258 e. The van der Waals surface area contributed by atoms with Gasteiger partial charge in [-0.25, -0.2) is 4.98 Å². The van der Waals surface area contributed by atoms with Crippen LogP contribution in [0.15, 0.2) is 35.4 Å². The van der Waals surface area contributed by atoms with Crippen molar-refractivity contribution >= 4 is 32.7 Å².